The first kappa shape index (κ1) is 29.4. The molecule has 2 aromatic carbocycles. The quantitative estimate of drug-likeness (QED) is 0.330. The van der Waals surface area contributed by atoms with E-state index in [1.165, 1.54) is 5.56 Å². The van der Waals surface area contributed by atoms with Crippen LogP contribution in [0.5, 0.6) is 0 Å². The van der Waals surface area contributed by atoms with E-state index >= 15 is 0 Å². The van der Waals surface area contributed by atoms with Crippen molar-refractivity contribution in [2.24, 2.45) is 11.7 Å². The van der Waals surface area contributed by atoms with Crippen molar-refractivity contribution >= 4 is 35.5 Å². The summed E-state index contributed by atoms with van der Waals surface area (Å²) >= 11 is 12.1. The van der Waals surface area contributed by atoms with Gasteiger partial charge >= 0.3 is 0 Å². The number of carbonyl (C=O) groups excluding carboxylic acids is 2. The molecule has 1 fully saturated rings. The van der Waals surface area contributed by atoms with E-state index in [0.717, 1.165) is 50.7 Å². The second-order valence-corrected chi connectivity index (χ2v) is 11.3. The van der Waals surface area contributed by atoms with Crippen molar-refractivity contribution in [2.45, 2.75) is 70.6 Å². The van der Waals surface area contributed by atoms with Crippen LogP contribution in [0.25, 0.3) is 0 Å². The maximum Gasteiger partial charge on any atom is 0.243 e. The molecule has 0 radical (unpaired) electrons. The normalized spacial score (nSPS) is 17.5. The van der Waals surface area contributed by atoms with Crippen LogP contribution in [0.2, 0.25) is 10.0 Å². The number of likely N-dealkylation sites (tertiary alicyclic amines) is 1. The predicted octanol–water partition coefficient (Wildman–Crippen LogP) is 4.91. The van der Waals surface area contributed by atoms with E-state index in [2.05, 4.69) is 48.3 Å². The van der Waals surface area contributed by atoms with Crippen LogP contribution in [0, 0.1) is 5.92 Å². The second kappa shape index (κ2) is 14.7. The molecule has 1 saturated heterocycles. The van der Waals surface area contributed by atoms with Gasteiger partial charge in [0.1, 0.15) is 6.04 Å². The van der Waals surface area contributed by atoms with Gasteiger partial charge in [-0.2, -0.15) is 0 Å². The molecule has 3 N–H and O–H groups in total. The van der Waals surface area contributed by atoms with Crippen molar-refractivity contribution in [1.82, 2.24) is 15.1 Å². The van der Waals surface area contributed by atoms with Gasteiger partial charge in [-0.15, -0.1) is 0 Å². The van der Waals surface area contributed by atoms with Crippen molar-refractivity contribution in [1.29, 1.82) is 0 Å². The van der Waals surface area contributed by atoms with Crippen LogP contribution in [0.15, 0.2) is 48.5 Å². The summed E-state index contributed by atoms with van der Waals surface area (Å²) in [4.78, 5) is 29.6. The number of nitrogens with one attached hydrogen (secondary N) is 1. The van der Waals surface area contributed by atoms with E-state index in [-0.39, 0.29) is 17.9 Å². The number of aryl methyl sites for hydroxylation is 1. The summed E-state index contributed by atoms with van der Waals surface area (Å²) in [6.07, 6.45) is 5.17. The fourth-order valence-corrected chi connectivity index (χ4v) is 5.33. The average Bonchev–Trinajstić information content (AvgIpc) is 3.32. The van der Waals surface area contributed by atoms with Gasteiger partial charge in [-0.25, -0.2) is 0 Å². The number of nitrogens with zero attached hydrogens (tertiary/aromatic N) is 2. The largest absolute Gasteiger partial charge is 0.350 e. The molecule has 202 valence electrons. The number of nitrogens with two attached hydrogens (primary N) is 1. The van der Waals surface area contributed by atoms with E-state index in [1.807, 2.05) is 12.1 Å². The van der Waals surface area contributed by atoms with Gasteiger partial charge in [0.05, 0.1) is 10.0 Å². The summed E-state index contributed by atoms with van der Waals surface area (Å²) in [7, 11) is 0. The van der Waals surface area contributed by atoms with Gasteiger partial charge in [0.25, 0.3) is 0 Å². The van der Waals surface area contributed by atoms with Crippen LogP contribution in [-0.2, 0) is 22.6 Å². The van der Waals surface area contributed by atoms with Gasteiger partial charge in [0, 0.05) is 38.3 Å². The monoisotopic (exact) mass is 546 g/mol. The van der Waals surface area contributed by atoms with Crippen LogP contribution in [0.3, 0.4) is 0 Å². The highest BCUT2D eigenvalue weighted by Crippen LogP contribution is 2.23. The van der Waals surface area contributed by atoms with E-state index in [1.54, 1.807) is 17.0 Å². The smallest absolute Gasteiger partial charge is 0.243 e. The van der Waals surface area contributed by atoms with Gasteiger partial charge in [-0.05, 0) is 61.3 Å². The third-order valence-corrected chi connectivity index (χ3v) is 7.82. The first-order valence-electron chi connectivity index (χ1n) is 13.2. The minimum Gasteiger partial charge on any atom is -0.350 e. The van der Waals surface area contributed by atoms with E-state index in [9.17, 15) is 9.59 Å². The molecule has 1 aliphatic rings. The topological polar surface area (TPSA) is 78.7 Å². The molecule has 3 rings (SSSR count). The molecule has 8 heteroatoms. The number of benzene rings is 2. The van der Waals surface area contributed by atoms with Crippen molar-refractivity contribution in [3.63, 3.8) is 0 Å². The van der Waals surface area contributed by atoms with E-state index in [4.69, 9.17) is 28.9 Å². The zero-order valence-electron chi connectivity index (χ0n) is 21.9. The summed E-state index contributed by atoms with van der Waals surface area (Å²) in [5.41, 5.74) is 8.38. The Morgan fingerprint density at radius 1 is 1.14 bits per heavy atom. The van der Waals surface area contributed by atoms with Gasteiger partial charge in [0.2, 0.25) is 12.3 Å². The molecule has 0 spiro atoms. The molecule has 1 aliphatic heterocycles. The van der Waals surface area contributed by atoms with Crippen molar-refractivity contribution in [3.8, 4) is 0 Å². The number of amides is 2. The fraction of sp³-hybridized carbons (Fsp3) is 0.517. The standard InChI is InChI=1S/C29H40Cl2N4O2/c1-21(2)16-28(29(37)33-18-23-9-11-26(30)27(31)17-23)35(20-36)15-13-25(34-14-12-24(32)19-34)10-8-22-6-4-3-5-7-22/h3-7,9,11,17,20-21,24-25,28H,8,10,12-16,18-19,32H2,1-2H3,(H,33,37). The van der Waals surface area contributed by atoms with E-state index < -0.39 is 6.04 Å². The Balaban J connectivity index is 1.65. The average molecular weight is 548 g/mol. The Labute approximate surface area is 231 Å². The van der Waals surface area contributed by atoms with E-state index in [0.29, 0.717) is 35.6 Å². The Morgan fingerprint density at radius 3 is 2.51 bits per heavy atom. The lowest BCUT2D eigenvalue weighted by atomic mass is 9.99. The van der Waals surface area contributed by atoms with Crippen LogP contribution in [-0.4, -0.2) is 59.9 Å². The van der Waals surface area contributed by atoms with Crippen molar-refractivity contribution < 1.29 is 9.59 Å². The number of hydrogen-bond donors (Lipinski definition) is 2. The van der Waals surface area contributed by atoms with Crippen LogP contribution < -0.4 is 11.1 Å². The van der Waals surface area contributed by atoms with Crippen LogP contribution in [0.4, 0.5) is 0 Å². The SMILES string of the molecule is CC(C)CC(C(=O)NCc1ccc(Cl)c(Cl)c1)N(C=O)CCC(CCc1ccccc1)N1CCC(N)C1. The predicted molar refractivity (Wildman–Crippen MR) is 152 cm³/mol. The first-order valence-corrected chi connectivity index (χ1v) is 14.0. The zero-order chi connectivity index (χ0) is 26.8. The number of carbonyl (C=O) groups is 2. The minimum atomic E-state index is -0.532. The Hall–Kier alpha value is -2.12. The molecule has 3 atom stereocenters. The second-order valence-electron chi connectivity index (χ2n) is 10.5. The fourth-order valence-electron chi connectivity index (χ4n) is 5.01. The summed E-state index contributed by atoms with van der Waals surface area (Å²) < 4.78 is 0. The lowest BCUT2D eigenvalue weighted by molar-refractivity contribution is -0.134. The summed E-state index contributed by atoms with van der Waals surface area (Å²) in [6, 6.07) is 15.7. The summed E-state index contributed by atoms with van der Waals surface area (Å²) in [5, 5.41) is 3.92. The third kappa shape index (κ3) is 9.29. The molecule has 0 aromatic heterocycles. The third-order valence-electron chi connectivity index (χ3n) is 7.09. The number of hydrogen-bond acceptors (Lipinski definition) is 4. The molecule has 1 heterocycles. The van der Waals surface area contributed by atoms with Gasteiger partial charge in [0.15, 0.2) is 0 Å². The molecular weight excluding hydrogens is 507 g/mol. The van der Waals surface area contributed by atoms with Crippen molar-refractivity contribution in [2.75, 3.05) is 19.6 Å². The van der Waals surface area contributed by atoms with Crippen molar-refractivity contribution in [3.05, 3.63) is 69.7 Å². The highest BCUT2D eigenvalue weighted by Gasteiger charge is 2.29. The van der Waals surface area contributed by atoms with Crippen LogP contribution in [0.1, 0.15) is 50.7 Å². The van der Waals surface area contributed by atoms with Gasteiger partial charge in [-0.3, -0.25) is 14.5 Å². The molecule has 0 bridgehead atoms. The molecule has 3 unspecified atom stereocenters. The number of rotatable bonds is 14. The van der Waals surface area contributed by atoms with Gasteiger partial charge < -0.3 is 16.0 Å². The molecule has 2 amide bonds. The molecule has 2 aromatic rings. The lowest BCUT2D eigenvalue weighted by Gasteiger charge is -2.33. The minimum absolute atomic E-state index is 0.157. The highest BCUT2D eigenvalue weighted by atomic mass is 35.5. The lowest BCUT2D eigenvalue weighted by Crippen LogP contribution is -2.48. The molecule has 37 heavy (non-hydrogen) atoms. The molecule has 0 aliphatic carbocycles. The maximum absolute atomic E-state index is 13.3. The first-order chi connectivity index (χ1) is 17.8. The molecular formula is C29H40Cl2N4O2. The Morgan fingerprint density at radius 2 is 1.89 bits per heavy atom. The summed E-state index contributed by atoms with van der Waals surface area (Å²) in [5.74, 6) is 0.101. The summed E-state index contributed by atoms with van der Waals surface area (Å²) in [6.45, 7) is 6.82. The van der Waals surface area contributed by atoms with Gasteiger partial charge in [-0.1, -0.05) is 73.4 Å². The highest BCUT2D eigenvalue weighted by molar-refractivity contribution is 6.42. The zero-order valence-corrected chi connectivity index (χ0v) is 23.4. The van der Waals surface area contributed by atoms with Crippen LogP contribution >= 0.6 is 23.2 Å². The molecule has 0 saturated carbocycles. The maximum atomic E-state index is 13.3. The Bertz CT molecular complexity index is 1000. The number of halogens is 2. The Kier molecular flexibility index (Phi) is 11.7. The molecule has 6 nitrogen and oxygen atoms in total.